The van der Waals surface area contributed by atoms with Gasteiger partial charge in [0.05, 0.1) is 17.7 Å². The molecular weight excluding hydrogens is 353 g/mol. The van der Waals surface area contributed by atoms with E-state index in [2.05, 4.69) is 52.8 Å². The van der Waals surface area contributed by atoms with Gasteiger partial charge < -0.3 is 14.4 Å². The summed E-state index contributed by atoms with van der Waals surface area (Å²) in [5, 5.41) is 8.98. The molecule has 0 radical (unpaired) electrons. The maximum atomic E-state index is 10.9. The van der Waals surface area contributed by atoms with Crippen LogP contribution in [0.1, 0.15) is 58.6 Å². The molecule has 28 heavy (non-hydrogen) atoms. The van der Waals surface area contributed by atoms with Crippen molar-refractivity contribution in [1.29, 1.82) is 0 Å². The van der Waals surface area contributed by atoms with Gasteiger partial charge in [-0.2, -0.15) is 0 Å². The number of benzene rings is 1. The fourth-order valence-corrected chi connectivity index (χ4v) is 4.32. The molecule has 2 aliphatic rings. The molecular formula is C22H34BNO4. The number of likely N-dealkylation sites (tertiary alicyclic amines) is 1. The molecule has 3 rings (SSSR count). The van der Waals surface area contributed by atoms with E-state index in [4.69, 9.17) is 14.4 Å². The number of rotatable bonds is 6. The number of carboxylic acid groups (broad SMARTS) is 1. The lowest BCUT2D eigenvalue weighted by atomic mass is 9.73. The van der Waals surface area contributed by atoms with Crippen LogP contribution in [0.2, 0.25) is 0 Å². The Labute approximate surface area is 169 Å². The summed E-state index contributed by atoms with van der Waals surface area (Å²) in [6.07, 6.45) is 4.10. The van der Waals surface area contributed by atoms with Crippen molar-refractivity contribution < 1.29 is 19.2 Å². The molecule has 1 N–H and O–H groups in total. The molecule has 6 heteroatoms. The van der Waals surface area contributed by atoms with Gasteiger partial charge in [-0.3, -0.25) is 9.69 Å². The third-order valence-electron chi connectivity index (χ3n) is 6.74. The van der Waals surface area contributed by atoms with E-state index in [1.54, 1.807) is 0 Å². The van der Waals surface area contributed by atoms with Crippen molar-refractivity contribution in [3.8, 4) is 0 Å². The van der Waals surface area contributed by atoms with Crippen LogP contribution in [0.25, 0.3) is 0 Å². The molecule has 0 atom stereocenters. The van der Waals surface area contributed by atoms with Gasteiger partial charge in [0, 0.05) is 0 Å². The Kier molecular flexibility index (Phi) is 6.23. The van der Waals surface area contributed by atoms with Crippen LogP contribution in [0, 0.1) is 5.92 Å². The number of aliphatic carboxylic acids is 1. The van der Waals surface area contributed by atoms with Gasteiger partial charge in [-0.05, 0) is 89.0 Å². The molecule has 5 nitrogen and oxygen atoms in total. The van der Waals surface area contributed by atoms with E-state index in [0.717, 1.165) is 44.2 Å². The minimum Gasteiger partial charge on any atom is -0.480 e. The topological polar surface area (TPSA) is 59.0 Å². The quantitative estimate of drug-likeness (QED) is 0.761. The number of carboxylic acids is 1. The fraction of sp³-hybridized carbons (Fsp3) is 0.682. The first-order valence-corrected chi connectivity index (χ1v) is 10.5. The Morgan fingerprint density at radius 1 is 1.18 bits per heavy atom. The Bertz CT molecular complexity index is 694. The predicted molar refractivity (Wildman–Crippen MR) is 112 cm³/mol. The highest BCUT2D eigenvalue weighted by molar-refractivity contribution is 6.62. The lowest BCUT2D eigenvalue weighted by Gasteiger charge is -2.32. The summed E-state index contributed by atoms with van der Waals surface area (Å²) >= 11 is 0. The first-order valence-electron chi connectivity index (χ1n) is 10.5. The van der Waals surface area contributed by atoms with Crippen LogP contribution in [-0.2, 0) is 26.9 Å². The summed E-state index contributed by atoms with van der Waals surface area (Å²) in [5.41, 5.74) is 3.20. The number of piperidine rings is 1. The predicted octanol–water partition coefficient (Wildman–Crippen LogP) is 2.89. The van der Waals surface area contributed by atoms with Crippen LogP contribution in [0.3, 0.4) is 0 Å². The fourth-order valence-electron chi connectivity index (χ4n) is 4.32. The Morgan fingerprint density at radius 2 is 1.79 bits per heavy atom. The number of hydrogen-bond donors (Lipinski definition) is 1. The summed E-state index contributed by atoms with van der Waals surface area (Å²) in [5.74, 6) is -0.134. The van der Waals surface area contributed by atoms with E-state index in [1.165, 1.54) is 11.1 Å². The summed E-state index contributed by atoms with van der Waals surface area (Å²) < 4.78 is 12.6. The van der Waals surface area contributed by atoms with Crippen LogP contribution in [0.5, 0.6) is 0 Å². The molecule has 0 aliphatic carbocycles. The van der Waals surface area contributed by atoms with E-state index in [1.807, 2.05) is 4.90 Å². The molecule has 0 spiro atoms. The molecule has 2 saturated heterocycles. The Balaban J connectivity index is 1.72. The Hall–Kier alpha value is -1.37. The molecule has 154 valence electrons. The molecule has 2 heterocycles. The highest BCUT2D eigenvalue weighted by Crippen LogP contribution is 2.37. The molecule has 0 amide bonds. The largest absolute Gasteiger partial charge is 0.495 e. The van der Waals surface area contributed by atoms with Crippen molar-refractivity contribution in [1.82, 2.24) is 4.90 Å². The zero-order valence-corrected chi connectivity index (χ0v) is 18.0. The zero-order valence-electron chi connectivity index (χ0n) is 18.0. The van der Waals surface area contributed by atoms with Crippen LogP contribution in [0.15, 0.2) is 18.2 Å². The highest BCUT2D eigenvalue weighted by Gasteiger charge is 2.52. The van der Waals surface area contributed by atoms with Crippen LogP contribution in [0.4, 0.5) is 0 Å². The molecule has 0 saturated carbocycles. The normalized spacial score (nSPS) is 22.5. The number of carbonyl (C=O) groups is 1. The molecule has 0 unspecified atom stereocenters. The van der Waals surface area contributed by atoms with Crippen molar-refractivity contribution in [3.05, 3.63) is 29.3 Å². The minimum absolute atomic E-state index is 0.157. The van der Waals surface area contributed by atoms with Gasteiger partial charge in [-0.25, -0.2) is 0 Å². The molecule has 2 aliphatic heterocycles. The average Bonchev–Trinajstić information content (AvgIpc) is 2.83. The summed E-state index contributed by atoms with van der Waals surface area (Å²) in [6.45, 7) is 12.5. The SMILES string of the molecule is CCc1c(CC2CCN(CC(=O)O)CC2)cccc1B1OC(C)(C)C(C)(C)O1. The van der Waals surface area contributed by atoms with E-state index >= 15 is 0 Å². The molecule has 1 aromatic carbocycles. The lowest BCUT2D eigenvalue weighted by molar-refractivity contribution is -0.138. The third kappa shape index (κ3) is 4.45. The van der Waals surface area contributed by atoms with Crippen molar-refractivity contribution in [2.45, 2.75) is 71.5 Å². The van der Waals surface area contributed by atoms with Crippen molar-refractivity contribution in [3.63, 3.8) is 0 Å². The Morgan fingerprint density at radius 3 is 2.32 bits per heavy atom. The third-order valence-corrected chi connectivity index (χ3v) is 6.74. The molecule has 0 bridgehead atoms. The lowest BCUT2D eigenvalue weighted by Crippen LogP contribution is -2.41. The second-order valence-corrected chi connectivity index (χ2v) is 9.24. The number of hydrogen-bond acceptors (Lipinski definition) is 4. The van der Waals surface area contributed by atoms with Crippen molar-refractivity contribution in [2.75, 3.05) is 19.6 Å². The van der Waals surface area contributed by atoms with Crippen molar-refractivity contribution in [2.24, 2.45) is 5.92 Å². The van der Waals surface area contributed by atoms with Gasteiger partial charge in [0.15, 0.2) is 0 Å². The van der Waals surface area contributed by atoms with Gasteiger partial charge in [0.25, 0.3) is 0 Å². The minimum atomic E-state index is -0.734. The van der Waals surface area contributed by atoms with Gasteiger partial charge in [-0.1, -0.05) is 25.1 Å². The molecule has 1 aromatic rings. The van der Waals surface area contributed by atoms with E-state index in [0.29, 0.717) is 5.92 Å². The van der Waals surface area contributed by atoms with Crippen LogP contribution < -0.4 is 5.46 Å². The smallest absolute Gasteiger partial charge is 0.480 e. The number of nitrogens with zero attached hydrogens (tertiary/aromatic N) is 1. The summed E-state index contributed by atoms with van der Waals surface area (Å²) in [4.78, 5) is 13.0. The second-order valence-electron chi connectivity index (χ2n) is 9.24. The highest BCUT2D eigenvalue weighted by atomic mass is 16.7. The molecule has 0 aromatic heterocycles. The van der Waals surface area contributed by atoms with Gasteiger partial charge in [0.1, 0.15) is 0 Å². The van der Waals surface area contributed by atoms with E-state index in [-0.39, 0.29) is 24.9 Å². The maximum Gasteiger partial charge on any atom is 0.495 e. The first kappa shape index (κ1) is 21.3. The first-order chi connectivity index (χ1) is 13.1. The average molecular weight is 387 g/mol. The zero-order chi connectivity index (χ0) is 20.5. The van der Waals surface area contributed by atoms with Crippen LogP contribution >= 0.6 is 0 Å². The van der Waals surface area contributed by atoms with Crippen LogP contribution in [-0.4, -0.2) is 53.9 Å². The monoisotopic (exact) mass is 387 g/mol. The molecule has 2 fully saturated rings. The van der Waals surface area contributed by atoms with Gasteiger partial charge in [-0.15, -0.1) is 0 Å². The van der Waals surface area contributed by atoms with E-state index < -0.39 is 5.97 Å². The van der Waals surface area contributed by atoms with Gasteiger partial charge >= 0.3 is 13.1 Å². The maximum absolute atomic E-state index is 10.9. The van der Waals surface area contributed by atoms with Crippen molar-refractivity contribution >= 4 is 18.6 Å². The standard InChI is InChI=1S/C22H34BNO4/c1-6-18-17(14-16-10-12-24(13-11-16)15-20(25)26)8-7-9-19(18)23-27-21(2,3)22(4,5)28-23/h7-9,16H,6,10-15H2,1-5H3,(H,25,26). The van der Waals surface area contributed by atoms with E-state index in [9.17, 15) is 4.79 Å². The van der Waals surface area contributed by atoms with Gasteiger partial charge in [0.2, 0.25) is 0 Å². The second kappa shape index (κ2) is 8.17. The summed E-state index contributed by atoms with van der Waals surface area (Å²) in [6, 6.07) is 6.49. The summed E-state index contributed by atoms with van der Waals surface area (Å²) in [7, 11) is -0.322.